The standard InChI is InChI=1S/C17H15NO3S/c1-10-3-5-22-17(10)14(19)8-13-12-7-16-15(20-9-21-16)6-11(12)2-4-18-13/h3,5-8,18H,2,4,9H2,1H3/b13-8-. The van der Waals surface area contributed by atoms with Crippen LogP contribution in [0, 0.1) is 6.92 Å². The molecule has 0 saturated heterocycles. The largest absolute Gasteiger partial charge is 0.454 e. The van der Waals surface area contributed by atoms with Crippen molar-refractivity contribution in [1.29, 1.82) is 0 Å². The molecule has 2 aliphatic rings. The lowest BCUT2D eigenvalue weighted by atomic mass is 9.96. The molecule has 0 fully saturated rings. The van der Waals surface area contributed by atoms with Gasteiger partial charge < -0.3 is 14.8 Å². The summed E-state index contributed by atoms with van der Waals surface area (Å²) in [7, 11) is 0. The number of rotatable bonds is 2. The molecule has 4 nitrogen and oxygen atoms in total. The van der Waals surface area contributed by atoms with Crippen molar-refractivity contribution in [3.8, 4) is 11.5 Å². The van der Waals surface area contributed by atoms with Crippen molar-refractivity contribution in [3.63, 3.8) is 0 Å². The van der Waals surface area contributed by atoms with Gasteiger partial charge in [0.05, 0.1) is 4.88 Å². The summed E-state index contributed by atoms with van der Waals surface area (Å²) in [6.45, 7) is 3.04. The van der Waals surface area contributed by atoms with Gasteiger partial charge in [0.1, 0.15) is 0 Å². The van der Waals surface area contributed by atoms with Crippen molar-refractivity contribution >= 4 is 22.8 Å². The Labute approximate surface area is 132 Å². The minimum atomic E-state index is 0.0421. The predicted octanol–water partition coefficient (Wildman–Crippen LogP) is 3.15. The molecular formula is C17H15NO3S. The number of ketones is 1. The Morgan fingerprint density at radius 2 is 2.14 bits per heavy atom. The average Bonchev–Trinajstić information content (AvgIpc) is 3.13. The highest BCUT2D eigenvalue weighted by molar-refractivity contribution is 7.12. The predicted molar refractivity (Wildman–Crippen MR) is 85.6 cm³/mol. The van der Waals surface area contributed by atoms with Gasteiger partial charge in [0.15, 0.2) is 17.3 Å². The van der Waals surface area contributed by atoms with Crippen LogP contribution in [0.2, 0.25) is 0 Å². The van der Waals surface area contributed by atoms with Crippen LogP contribution in [-0.2, 0) is 6.42 Å². The molecule has 2 aliphatic heterocycles. The van der Waals surface area contributed by atoms with E-state index in [0.29, 0.717) is 0 Å². The van der Waals surface area contributed by atoms with Gasteiger partial charge in [0.25, 0.3) is 0 Å². The number of benzene rings is 1. The molecular weight excluding hydrogens is 298 g/mol. The zero-order valence-corrected chi connectivity index (χ0v) is 13.0. The maximum atomic E-state index is 12.5. The summed E-state index contributed by atoms with van der Waals surface area (Å²) in [5, 5.41) is 5.27. The minimum Gasteiger partial charge on any atom is -0.454 e. The van der Waals surface area contributed by atoms with Gasteiger partial charge in [-0.3, -0.25) is 4.79 Å². The van der Waals surface area contributed by atoms with Gasteiger partial charge >= 0.3 is 0 Å². The van der Waals surface area contributed by atoms with E-state index in [1.54, 1.807) is 6.08 Å². The third-order valence-corrected chi connectivity index (χ3v) is 4.99. The first kappa shape index (κ1) is 13.4. The zero-order chi connectivity index (χ0) is 15.1. The molecule has 22 heavy (non-hydrogen) atoms. The Morgan fingerprint density at radius 1 is 1.32 bits per heavy atom. The van der Waals surface area contributed by atoms with E-state index < -0.39 is 0 Å². The molecule has 4 rings (SSSR count). The van der Waals surface area contributed by atoms with Crippen LogP contribution in [0.5, 0.6) is 11.5 Å². The molecule has 0 spiro atoms. The lowest BCUT2D eigenvalue weighted by Crippen LogP contribution is -2.23. The molecule has 0 unspecified atom stereocenters. The number of nitrogens with one attached hydrogen (secondary N) is 1. The highest BCUT2D eigenvalue weighted by atomic mass is 32.1. The van der Waals surface area contributed by atoms with Gasteiger partial charge in [-0.1, -0.05) is 0 Å². The second kappa shape index (κ2) is 5.18. The van der Waals surface area contributed by atoms with Crippen molar-refractivity contribution in [2.24, 2.45) is 0 Å². The molecule has 3 heterocycles. The molecule has 0 atom stereocenters. The molecule has 1 aromatic heterocycles. The van der Waals surface area contributed by atoms with Crippen LogP contribution < -0.4 is 14.8 Å². The molecule has 5 heteroatoms. The summed E-state index contributed by atoms with van der Waals surface area (Å²) in [5.41, 5.74) is 4.09. The smallest absolute Gasteiger partial charge is 0.231 e. The molecule has 1 aromatic carbocycles. The van der Waals surface area contributed by atoms with Crippen LogP contribution in [0.1, 0.15) is 26.4 Å². The van der Waals surface area contributed by atoms with Crippen LogP contribution in [0.15, 0.2) is 29.7 Å². The number of aryl methyl sites for hydroxylation is 1. The Morgan fingerprint density at radius 3 is 2.91 bits per heavy atom. The fourth-order valence-corrected chi connectivity index (χ4v) is 3.66. The number of hydrogen-bond acceptors (Lipinski definition) is 5. The van der Waals surface area contributed by atoms with Crippen molar-refractivity contribution < 1.29 is 14.3 Å². The van der Waals surface area contributed by atoms with Crippen LogP contribution in [0.4, 0.5) is 0 Å². The first-order chi connectivity index (χ1) is 10.7. The van der Waals surface area contributed by atoms with Gasteiger partial charge in [0, 0.05) is 23.9 Å². The van der Waals surface area contributed by atoms with E-state index in [2.05, 4.69) is 5.32 Å². The van der Waals surface area contributed by atoms with Crippen molar-refractivity contribution in [2.75, 3.05) is 13.3 Å². The molecule has 0 radical (unpaired) electrons. The average molecular weight is 313 g/mol. The fourth-order valence-electron chi connectivity index (χ4n) is 2.82. The maximum Gasteiger partial charge on any atom is 0.231 e. The van der Waals surface area contributed by atoms with E-state index in [0.717, 1.165) is 46.2 Å². The topological polar surface area (TPSA) is 47.6 Å². The number of carbonyl (C=O) groups is 1. The van der Waals surface area contributed by atoms with E-state index in [4.69, 9.17) is 9.47 Å². The molecule has 2 aromatic rings. The fraction of sp³-hybridized carbons (Fsp3) is 0.235. The van der Waals surface area contributed by atoms with Crippen molar-refractivity contribution in [3.05, 3.63) is 51.2 Å². The van der Waals surface area contributed by atoms with E-state index in [1.807, 2.05) is 30.5 Å². The second-order valence-corrected chi connectivity index (χ2v) is 6.31. The molecule has 112 valence electrons. The van der Waals surface area contributed by atoms with Crippen LogP contribution in [-0.4, -0.2) is 19.1 Å². The van der Waals surface area contributed by atoms with Gasteiger partial charge in [-0.2, -0.15) is 0 Å². The SMILES string of the molecule is Cc1ccsc1C(=O)/C=C1\NCCc2cc3c(cc21)OCO3. The van der Waals surface area contributed by atoms with E-state index in [1.165, 1.54) is 16.9 Å². The molecule has 0 aliphatic carbocycles. The lowest BCUT2D eigenvalue weighted by molar-refractivity contribution is 0.105. The number of fused-ring (bicyclic) bond motifs is 2. The monoisotopic (exact) mass is 313 g/mol. The summed E-state index contributed by atoms with van der Waals surface area (Å²) in [6, 6.07) is 5.95. The summed E-state index contributed by atoms with van der Waals surface area (Å²) in [4.78, 5) is 13.3. The number of carbonyl (C=O) groups excluding carboxylic acids is 1. The quantitative estimate of drug-likeness (QED) is 0.683. The van der Waals surface area contributed by atoms with Gasteiger partial charge in [0.2, 0.25) is 6.79 Å². The summed E-state index contributed by atoms with van der Waals surface area (Å²) in [6.07, 6.45) is 2.61. The summed E-state index contributed by atoms with van der Waals surface area (Å²) < 4.78 is 10.9. The Kier molecular flexibility index (Phi) is 3.15. The molecule has 0 amide bonds. The molecule has 1 N–H and O–H groups in total. The number of allylic oxidation sites excluding steroid dienone is 1. The zero-order valence-electron chi connectivity index (χ0n) is 12.1. The van der Waals surface area contributed by atoms with Crippen LogP contribution in [0.25, 0.3) is 5.70 Å². The first-order valence-corrected chi connectivity index (χ1v) is 8.07. The van der Waals surface area contributed by atoms with Crippen molar-refractivity contribution in [2.45, 2.75) is 13.3 Å². The third kappa shape index (κ3) is 2.18. The number of hydrogen-bond donors (Lipinski definition) is 1. The van der Waals surface area contributed by atoms with E-state index >= 15 is 0 Å². The first-order valence-electron chi connectivity index (χ1n) is 7.19. The Bertz CT molecular complexity index is 791. The highest BCUT2D eigenvalue weighted by Crippen LogP contribution is 2.38. The Hall–Kier alpha value is -2.27. The maximum absolute atomic E-state index is 12.5. The van der Waals surface area contributed by atoms with Gasteiger partial charge in [-0.05, 0) is 48.1 Å². The summed E-state index contributed by atoms with van der Waals surface area (Å²) >= 11 is 1.48. The molecule has 0 bridgehead atoms. The van der Waals surface area contributed by atoms with Crippen molar-refractivity contribution in [1.82, 2.24) is 5.32 Å². The third-order valence-electron chi connectivity index (χ3n) is 3.96. The summed E-state index contributed by atoms with van der Waals surface area (Å²) in [5.74, 6) is 1.58. The van der Waals surface area contributed by atoms with E-state index in [9.17, 15) is 4.79 Å². The van der Waals surface area contributed by atoms with Gasteiger partial charge in [-0.15, -0.1) is 11.3 Å². The molecule has 0 saturated carbocycles. The van der Waals surface area contributed by atoms with E-state index in [-0.39, 0.29) is 12.6 Å². The number of thiophene rings is 1. The van der Waals surface area contributed by atoms with Crippen LogP contribution >= 0.6 is 11.3 Å². The highest BCUT2D eigenvalue weighted by Gasteiger charge is 2.22. The van der Waals surface area contributed by atoms with Gasteiger partial charge in [-0.25, -0.2) is 0 Å². The van der Waals surface area contributed by atoms with Crippen LogP contribution in [0.3, 0.4) is 0 Å². The second-order valence-electron chi connectivity index (χ2n) is 5.39. The minimum absolute atomic E-state index is 0.0421. The normalized spacial score (nSPS) is 17.2. The number of ether oxygens (including phenoxy) is 2. The lowest BCUT2D eigenvalue weighted by Gasteiger charge is -2.21. The Balaban J connectivity index is 1.74.